The van der Waals surface area contributed by atoms with Gasteiger partial charge in [-0.1, -0.05) is 12.1 Å². The highest BCUT2D eigenvalue weighted by atomic mass is 32.2. The molecule has 1 aromatic heterocycles. The summed E-state index contributed by atoms with van der Waals surface area (Å²) in [4.78, 5) is 16.1. The van der Waals surface area contributed by atoms with Gasteiger partial charge in [0.15, 0.2) is 0 Å². The summed E-state index contributed by atoms with van der Waals surface area (Å²) in [5, 5.41) is 10.0. The molecule has 0 aliphatic heterocycles. The van der Waals surface area contributed by atoms with E-state index in [4.69, 9.17) is 4.74 Å². The summed E-state index contributed by atoms with van der Waals surface area (Å²) in [6.45, 7) is 2.52. The van der Waals surface area contributed by atoms with Crippen molar-refractivity contribution in [2.75, 3.05) is 12.4 Å². The van der Waals surface area contributed by atoms with Gasteiger partial charge in [-0.2, -0.15) is 13.2 Å². The van der Waals surface area contributed by atoms with Crippen molar-refractivity contribution >= 4 is 15.9 Å². The molecule has 1 unspecified atom stereocenters. The molecule has 0 aliphatic rings. The summed E-state index contributed by atoms with van der Waals surface area (Å²) in [5.74, 6) is -1.97. The highest BCUT2D eigenvalue weighted by molar-refractivity contribution is 7.90. The third-order valence-corrected chi connectivity index (χ3v) is 5.02. The number of halogens is 3. The Morgan fingerprint density at radius 3 is 2.59 bits per heavy atom. The molecular formula is C18H19F3N2O5S. The van der Waals surface area contributed by atoms with E-state index in [1.807, 2.05) is 0 Å². The first-order chi connectivity index (χ1) is 13.5. The molecule has 1 aromatic carbocycles. The van der Waals surface area contributed by atoms with Crippen molar-refractivity contribution in [2.24, 2.45) is 0 Å². The molecule has 1 amide bonds. The van der Waals surface area contributed by atoms with Crippen LogP contribution >= 0.6 is 0 Å². The normalized spacial score (nSPS) is 13.1. The summed E-state index contributed by atoms with van der Waals surface area (Å²) in [5.41, 5.74) is -0.748. The smallest absolute Gasteiger partial charge is 0.387 e. The number of nitrogens with zero attached hydrogens (tertiary/aromatic N) is 1. The largest absolute Gasteiger partial charge is 0.416 e. The van der Waals surface area contributed by atoms with E-state index in [9.17, 15) is 31.5 Å². The Balaban J connectivity index is 2.04. The number of nitrogens with one attached hydrogen (secondary N) is 1. The van der Waals surface area contributed by atoms with Crippen molar-refractivity contribution in [3.05, 3.63) is 65.0 Å². The number of aromatic nitrogens is 1. The van der Waals surface area contributed by atoms with E-state index in [0.717, 1.165) is 18.2 Å². The molecule has 29 heavy (non-hydrogen) atoms. The van der Waals surface area contributed by atoms with Gasteiger partial charge < -0.3 is 9.84 Å². The maximum absolute atomic E-state index is 12.8. The zero-order chi connectivity index (χ0) is 21.7. The van der Waals surface area contributed by atoms with Crippen LogP contribution in [0.5, 0.6) is 0 Å². The topological polar surface area (TPSA) is 106 Å². The Hall–Kier alpha value is -2.50. The van der Waals surface area contributed by atoms with Gasteiger partial charge in [-0.25, -0.2) is 13.1 Å². The molecule has 0 saturated heterocycles. The van der Waals surface area contributed by atoms with Crippen LogP contribution < -0.4 is 4.72 Å². The van der Waals surface area contributed by atoms with Crippen molar-refractivity contribution in [1.29, 1.82) is 0 Å². The first-order valence-electron chi connectivity index (χ1n) is 8.44. The summed E-state index contributed by atoms with van der Waals surface area (Å²) < 4.78 is 69.5. The Kier molecular flexibility index (Phi) is 7.33. The minimum Gasteiger partial charge on any atom is -0.387 e. The molecular weight excluding hydrogens is 413 g/mol. The van der Waals surface area contributed by atoms with E-state index in [0.29, 0.717) is 18.4 Å². The maximum atomic E-state index is 12.8. The van der Waals surface area contributed by atoms with E-state index in [1.165, 1.54) is 18.3 Å². The molecule has 2 rings (SSSR count). The molecule has 11 heteroatoms. The van der Waals surface area contributed by atoms with Crippen molar-refractivity contribution in [2.45, 2.75) is 25.8 Å². The number of sulfonamides is 1. The molecule has 1 heterocycles. The summed E-state index contributed by atoms with van der Waals surface area (Å²) in [6, 6.07) is 6.53. The van der Waals surface area contributed by atoms with Gasteiger partial charge in [0, 0.05) is 12.8 Å². The fourth-order valence-electron chi connectivity index (χ4n) is 2.32. The molecule has 0 aliphatic carbocycles. The lowest BCUT2D eigenvalue weighted by atomic mass is 10.1. The van der Waals surface area contributed by atoms with Crippen LogP contribution in [0.3, 0.4) is 0 Å². The van der Waals surface area contributed by atoms with E-state index in [2.05, 4.69) is 4.98 Å². The Bertz CT molecular complexity index is 947. The molecule has 1 atom stereocenters. The summed E-state index contributed by atoms with van der Waals surface area (Å²) in [7, 11) is -4.33. The number of carbonyl (C=O) groups is 1. The van der Waals surface area contributed by atoms with Gasteiger partial charge in [-0.15, -0.1) is 0 Å². The standard InChI is InChI=1S/C18H19F3N2O5S/c1-2-28-10-15-7-6-13(9-22-15)17(25)23-29(26,27)11-16(24)12-4-3-5-14(8-12)18(19,20)21/h3-9,16,24H,2,10-11H2,1H3,(H,23,25). The van der Waals surface area contributed by atoms with E-state index in [-0.39, 0.29) is 17.7 Å². The number of ether oxygens (including phenoxy) is 1. The number of benzene rings is 1. The van der Waals surface area contributed by atoms with Crippen molar-refractivity contribution in [3.8, 4) is 0 Å². The minimum atomic E-state index is -4.63. The third-order valence-electron chi connectivity index (χ3n) is 3.77. The van der Waals surface area contributed by atoms with Crippen LogP contribution in [0.15, 0.2) is 42.6 Å². The highest BCUT2D eigenvalue weighted by Gasteiger charge is 2.31. The minimum absolute atomic E-state index is 0.0395. The monoisotopic (exact) mass is 432 g/mol. The van der Waals surface area contributed by atoms with Crippen molar-refractivity contribution < 1.29 is 36.2 Å². The van der Waals surface area contributed by atoms with E-state index in [1.54, 1.807) is 11.6 Å². The lowest BCUT2D eigenvalue weighted by Gasteiger charge is -2.14. The first kappa shape index (κ1) is 22.8. The molecule has 7 nitrogen and oxygen atoms in total. The molecule has 0 bridgehead atoms. The average Bonchev–Trinajstić information content (AvgIpc) is 2.65. The number of hydrogen-bond donors (Lipinski definition) is 2. The number of aliphatic hydroxyl groups is 1. The zero-order valence-corrected chi connectivity index (χ0v) is 16.1. The second-order valence-electron chi connectivity index (χ2n) is 6.03. The van der Waals surface area contributed by atoms with Crippen LogP contribution in [-0.4, -0.2) is 36.8 Å². The number of rotatable bonds is 8. The van der Waals surface area contributed by atoms with Crippen LogP contribution in [0.1, 0.15) is 40.2 Å². The van der Waals surface area contributed by atoms with Gasteiger partial charge in [0.05, 0.1) is 35.3 Å². The Morgan fingerprint density at radius 1 is 1.28 bits per heavy atom. The van der Waals surface area contributed by atoms with Crippen molar-refractivity contribution in [1.82, 2.24) is 9.71 Å². The molecule has 2 aromatic rings. The van der Waals surface area contributed by atoms with Gasteiger partial charge in [0.1, 0.15) is 0 Å². The van der Waals surface area contributed by atoms with Gasteiger partial charge >= 0.3 is 6.18 Å². The summed E-state index contributed by atoms with van der Waals surface area (Å²) in [6.07, 6.45) is -5.22. The predicted molar refractivity (Wildman–Crippen MR) is 97.2 cm³/mol. The number of hydrogen-bond acceptors (Lipinski definition) is 6. The maximum Gasteiger partial charge on any atom is 0.416 e. The molecule has 0 fully saturated rings. The average molecular weight is 432 g/mol. The van der Waals surface area contributed by atoms with Gasteiger partial charge in [-0.05, 0) is 36.8 Å². The molecule has 0 saturated carbocycles. The van der Waals surface area contributed by atoms with Crippen molar-refractivity contribution in [3.63, 3.8) is 0 Å². The third kappa shape index (κ3) is 6.80. The molecule has 158 valence electrons. The fourth-order valence-corrected chi connectivity index (χ4v) is 3.41. The van der Waals surface area contributed by atoms with E-state index >= 15 is 0 Å². The fraction of sp³-hybridized carbons (Fsp3) is 0.333. The van der Waals surface area contributed by atoms with Gasteiger partial charge in [0.25, 0.3) is 5.91 Å². The molecule has 0 spiro atoms. The highest BCUT2D eigenvalue weighted by Crippen LogP contribution is 2.30. The second-order valence-corrected chi connectivity index (χ2v) is 7.79. The number of amides is 1. The van der Waals surface area contributed by atoms with Crippen LogP contribution in [0, 0.1) is 0 Å². The lowest BCUT2D eigenvalue weighted by Crippen LogP contribution is -2.34. The number of carbonyl (C=O) groups excluding carboxylic acids is 1. The Morgan fingerprint density at radius 2 is 2.00 bits per heavy atom. The van der Waals surface area contributed by atoms with E-state index < -0.39 is 39.5 Å². The van der Waals surface area contributed by atoms with Gasteiger partial charge in [-0.3, -0.25) is 9.78 Å². The molecule has 0 radical (unpaired) electrons. The molecule has 2 N–H and O–H groups in total. The quantitative estimate of drug-likeness (QED) is 0.664. The van der Waals surface area contributed by atoms with Crippen LogP contribution in [-0.2, 0) is 27.5 Å². The number of alkyl halides is 3. The predicted octanol–water partition coefficient (Wildman–Crippen LogP) is 2.43. The number of pyridine rings is 1. The second kappa shape index (κ2) is 9.33. The number of aliphatic hydroxyl groups excluding tert-OH is 1. The zero-order valence-electron chi connectivity index (χ0n) is 15.3. The van der Waals surface area contributed by atoms with Gasteiger partial charge in [0.2, 0.25) is 10.0 Å². The Labute approximate surface area is 165 Å². The summed E-state index contributed by atoms with van der Waals surface area (Å²) >= 11 is 0. The SMILES string of the molecule is CCOCc1ccc(C(=O)NS(=O)(=O)CC(O)c2cccc(C(F)(F)F)c2)cn1. The first-order valence-corrected chi connectivity index (χ1v) is 10.1. The lowest BCUT2D eigenvalue weighted by molar-refractivity contribution is -0.137. The van der Waals surface area contributed by atoms with Crippen LogP contribution in [0.4, 0.5) is 13.2 Å². The van der Waals surface area contributed by atoms with Crippen LogP contribution in [0.25, 0.3) is 0 Å². The van der Waals surface area contributed by atoms with Crippen LogP contribution in [0.2, 0.25) is 0 Å².